The van der Waals surface area contributed by atoms with Gasteiger partial charge in [-0.3, -0.25) is 9.69 Å². The van der Waals surface area contributed by atoms with Crippen LogP contribution in [0.1, 0.15) is 24.4 Å². The monoisotopic (exact) mass is 385 g/mol. The molecule has 1 amide bonds. The van der Waals surface area contributed by atoms with E-state index in [4.69, 9.17) is 9.26 Å². The number of aryl methyl sites for hydroxylation is 1. The van der Waals surface area contributed by atoms with Crippen LogP contribution in [-0.4, -0.2) is 77.8 Å². The second-order valence-electron chi connectivity index (χ2n) is 7.42. The van der Waals surface area contributed by atoms with Gasteiger partial charge in [0.1, 0.15) is 6.10 Å². The molecule has 1 N–H and O–H groups in total. The van der Waals surface area contributed by atoms with Crippen molar-refractivity contribution in [2.24, 2.45) is 0 Å². The molecule has 2 aliphatic rings. The molecule has 0 aliphatic carbocycles. The topological polar surface area (TPSA) is 83.7 Å². The van der Waals surface area contributed by atoms with Crippen LogP contribution >= 0.6 is 0 Å². The summed E-state index contributed by atoms with van der Waals surface area (Å²) in [5, 5.41) is 7.35. The van der Waals surface area contributed by atoms with Gasteiger partial charge < -0.3 is 19.5 Å². The van der Waals surface area contributed by atoms with E-state index < -0.39 is 0 Å². The number of ether oxygens (including phenoxy) is 1. The Kier molecular flexibility index (Phi) is 5.70. The average Bonchev–Trinajstić information content (AvgIpc) is 3.24. The van der Waals surface area contributed by atoms with E-state index in [-0.39, 0.29) is 18.1 Å². The Morgan fingerprint density at radius 2 is 1.96 bits per heavy atom. The third kappa shape index (κ3) is 4.09. The standard InChI is InChI=1S/C20H27N5O3/c1-14-3-5-16(6-4-14)18-22-19(28-23-18)15(2)24-8-10-25(11-9-24)20(26)17-13-21-7-12-27-17/h3-6,15,17,21H,7-13H2,1-2H3. The fourth-order valence-corrected chi connectivity index (χ4v) is 3.64. The number of rotatable bonds is 4. The number of carbonyl (C=O) groups is 1. The van der Waals surface area contributed by atoms with Crippen LogP contribution in [0, 0.1) is 6.92 Å². The van der Waals surface area contributed by atoms with Crippen molar-refractivity contribution in [3.63, 3.8) is 0 Å². The Labute approximate surface area is 164 Å². The smallest absolute Gasteiger partial charge is 0.253 e. The van der Waals surface area contributed by atoms with Gasteiger partial charge in [0.25, 0.3) is 5.91 Å². The maximum absolute atomic E-state index is 12.6. The van der Waals surface area contributed by atoms with E-state index in [0.29, 0.717) is 38.0 Å². The summed E-state index contributed by atoms with van der Waals surface area (Å²) in [5.74, 6) is 1.30. The molecule has 2 aliphatic heterocycles. The molecular weight excluding hydrogens is 358 g/mol. The van der Waals surface area contributed by atoms with Crippen molar-refractivity contribution in [3.8, 4) is 11.4 Å². The molecule has 2 unspecified atom stereocenters. The maximum Gasteiger partial charge on any atom is 0.253 e. The first-order valence-electron chi connectivity index (χ1n) is 9.87. The van der Waals surface area contributed by atoms with E-state index in [1.54, 1.807) is 0 Å². The Bertz CT molecular complexity index is 792. The third-order valence-corrected chi connectivity index (χ3v) is 5.49. The lowest BCUT2D eigenvalue weighted by Gasteiger charge is -2.38. The summed E-state index contributed by atoms with van der Waals surface area (Å²) in [6.45, 7) is 9.03. The molecule has 2 saturated heterocycles. The zero-order valence-corrected chi connectivity index (χ0v) is 16.4. The van der Waals surface area contributed by atoms with Crippen molar-refractivity contribution >= 4 is 5.91 Å². The fraction of sp³-hybridized carbons (Fsp3) is 0.550. The molecule has 0 bridgehead atoms. The summed E-state index contributed by atoms with van der Waals surface area (Å²) in [4.78, 5) is 21.3. The molecule has 1 aromatic heterocycles. The van der Waals surface area contributed by atoms with Crippen molar-refractivity contribution in [1.82, 2.24) is 25.3 Å². The Morgan fingerprint density at radius 3 is 2.64 bits per heavy atom. The van der Waals surface area contributed by atoms with Crippen molar-refractivity contribution in [3.05, 3.63) is 35.7 Å². The first-order valence-corrected chi connectivity index (χ1v) is 9.87. The number of nitrogens with one attached hydrogen (secondary N) is 1. The summed E-state index contributed by atoms with van der Waals surface area (Å²) in [6.07, 6.45) is -0.356. The predicted octanol–water partition coefficient (Wildman–Crippen LogP) is 1.24. The number of benzene rings is 1. The van der Waals surface area contributed by atoms with Crippen molar-refractivity contribution < 1.29 is 14.1 Å². The molecule has 8 nitrogen and oxygen atoms in total. The number of nitrogens with zero attached hydrogens (tertiary/aromatic N) is 4. The highest BCUT2D eigenvalue weighted by molar-refractivity contribution is 5.81. The molecule has 28 heavy (non-hydrogen) atoms. The summed E-state index contributed by atoms with van der Waals surface area (Å²) < 4.78 is 11.1. The highest BCUT2D eigenvalue weighted by Gasteiger charge is 2.31. The Morgan fingerprint density at radius 1 is 1.21 bits per heavy atom. The first-order chi connectivity index (χ1) is 13.6. The van der Waals surface area contributed by atoms with Crippen molar-refractivity contribution in [1.29, 1.82) is 0 Å². The lowest BCUT2D eigenvalue weighted by molar-refractivity contribution is -0.147. The second kappa shape index (κ2) is 8.38. The van der Waals surface area contributed by atoms with Crippen LogP contribution in [0.25, 0.3) is 11.4 Å². The predicted molar refractivity (Wildman–Crippen MR) is 104 cm³/mol. The van der Waals surface area contributed by atoms with Gasteiger partial charge in [-0.2, -0.15) is 4.98 Å². The first kappa shape index (κ1) is 19.0. The molecule has 2 atom stereocenters. The molecule has 2 aromatic rings. The van der Waals surface area contributed by atoms with Crippen LogP contribution in [0.15, 0.2) is 28.8 Å². The normalized spacial score (nSPS) is 22.2. The fourth-order valence-electron chi connectivity index (χ4n) is 3.64. The summed E-state index contributed by atoms with van der Waals surface area (Å²) in [5.41, 5.74) is 2.15. The largest absolute Gasteiger partial charge is 0.366 e. The van der Waals surface area contributed by atoms with Gasteiger partial charge in [-0.15, -0.1) is 0 Å². The molecule has 2 fully saturated rings. The van der Waals surface area contributed by atoms with Gasteiger partial charge in [-0.25, -0.2) is 0 Å². The minimum absolute atomic E-state index is 0.0107. The van der Waals surface area contributed by atoms with E-state index in [9.17, 15) is 4.79 Å². The van der Waals surface area contributed by atoms with Gasteiger partial charge in [-0.1, -0.05) is 35.0 Å². The molecule has 1 aromatic carbocycles. The molecule has 4 rings (SSSR count). The molecule has 0 radical (unpaired) electrons. The zero-order chi connectivity index (χ0) is 19.5. The quantitative estimate of drug-likeness (QED) is 0.848. The van der Waals surface area contributed by atoms with Crippen LogP contribution in [-0.2, 0) is 9.53 Å². The van der Waals surface area contributed by atoms with Gasteiger partial charge in [0, 0.05) is 44.8 Å². The number of morpholine rings is 1. The van der Waals surface area contributed by atoms with Crippen LogP contribution in [0.2, 0.25) is 0 Å². The number of aromatic nitrogens is 2. The van der Waals surface area contributed by atoms with Gasteiger partial charge in [0.2, 0.25) is 11.7 Å². The highest BCUT2D eigenvalue weighted by Crippen LogP contribution is 2.24. The van der Waals surface area contributed by atoms with Gasteiger partial charge >= 0.3 is 0 Å². The van der Waals surface area contributed by atoms with Gasteiger partial charge in [0.15, 0.2) is 0 Å². The Hall–Kier alpha value is -2.29. The zero-order valence-electron chi connectivity index (χ0n) is 16.4. The lowest BCUT2D eigenvalue weighted by atomic mass is 10.1. The van der Waals surface area contributed by atoms with E-state index in [1.165, 1.54) is 5.56 Å². The highest BCUT2D eigenvalue weighted by atomic mass is 16.5. The number of hydrogen-bond acceptors (Lipinski definition) is 7. The summed E-state index contributed by atoms with van der Waals surface area (Å²) in [7, 11) is 0. The van der Waals surface area contributed by atoms with Crippen LogP contribution in [0.3, 0.4) is 0 Å². The van der Waals surface area contributed by atoms with Crippen molar-refractivity contribution in [2.45, 2.75) is 26.0 Å². The molecule has 8 heteroatoms. The van der Waals surface area contributed by atoms with Gasteiger partial charge in [-0.05, 0) is 13.8 Å². The third-order valence-electron chi connectivity index (χ3n) is 5.49. The SMILES string of the molecule is Cc1ccc(-c2noc(C(C)N3CCN(C(=O)C4CNCCO4)CC3)n2)cc1. The summed E-state index contributed by atoms with van der Waals surface area (Å²) in [6, 6.07) is 8.09. The number of amides is 1. The van der Waals surface area contributed by atoms with E-state index >= 15 is 0 Å². The molecule has 150 valence electrons. The molecule has 0 spiro atoms. The summed E-state index contributed by atoms with van der Waals surface area (Å²) >= 11 is 0. The van der Waals surface area contributed by atoms with Gasteiger partial charge in [0.05, 0.1) is 12.6 Å². The number of carbonyl (C=O) groups excluding carboxylic acids is 1. The van der Waals surface area contributed by atoms with E-state index in [1.807, 2.05) is 29.2 Å². The van der Waals surface area contributed by atoms with Crippen LogP contribution < -0.4 is 5.32 Å². The second-order valence-corrected chi connectivity index (χ2v) is 7.42. The minimum Gasteiger partial charge on any atom is -0.366 e. The van der Waals surface area contributed by atoms with E-state index in [2.05, 4.69) is 34.2 Å². The van der Waals surface area contributed by atoms with Crippen LogP contribution in [0.5, 0.6) is 0 Å². The lowest BCUT2D eigenvalue weighted by Crippen LogP contribution is -2.55. The molecule has 0 saturated carbocycles. The minimum atomic E-state index is -0.356. The molecular formula is C20H27N5O3. The number of piperazine rings is 1. The van der Waals surface area contributed by atoms with Crippen LogP contribution in [0.4, 0.5) is 0 Å². The maximum atomic E-state index is 12.6. The van der Waals surface area contributed by atoms with Crippen molar-refractivity contribution in [2.75, 3.05) is 45.9 Å². The van der Waals surface area contributed by atoms with E-state index in [0.717, 1.165) is 25.2 Å². The number of hydrogen-bond donors (Lipinski definition) is 1. The average molecular weight is 385 g/mol. The molecule has 3 heterocycles. The Balaban J connectivity index is 1.34.